The van der Waals surface area contributed by atoms with Crippen LogP contribution in [-0.4, -0.2) is 49.1 Å². The summed E-state index contributed by atoms with van der Waals surface area (Å²) in [6, 6.07) is 4.90. The third-order valence-corrected chi connectivity index (χ3v) is 1.88. The van der Waals surface area contributed by atoms with Crippen molar-refractivity contribution in [2.75, 3.05) is 28.2 Å². The molecule has 0 aliphatic carbocycles. The number of aromatic nitrogens is 1. The second-order valence-electron chi connectivity index (χ2n) is 3.72. The highest BCUT2D eigenvalue weighted by Gasteiger charge is 2.15. The van der Waals surface area contributed by atoms with E-state index in [0.717, 1.165) is 0 Å². The van der Waals surface area contributed by atoms with E-state index >= 15 is 0 Å². The summed E-state index contributed by atoms with van der Waals surface area (Å²) in [5, 5.41) is 0. The maximum absolute atomic E-state index is 11.4. The molecule has 0 amide bonds. The van der Waals surface area contributed by atoms with Crippen molar-refractivity contribution in [1.29, 1.82) is 0 Å². The molecule has 1 rings (SSSR count). The molecule has 1 aromatic heterocycles. The molecule has 0 fully saturated rings. The Morgan fingerprint density at radius 3 is 2.27 bits per heavy atom. The summed E-state index contributed by atoms with van der Waals surface area (Å²) in [7, 11) is 7.55. The fourth-order valence-electron chi connectivity index (χ4n) is 1.25. The van der Waals surface area contributed by atoms with E-state index in [1.54, 1.807) is 18.3 Å². The van der Waals surface area contributed by atoms with Crippen molar-refractivity contribution in [3.8, 4) is 0 Å². The molecule has 0 aliphatic heterocycles. The van der Waals surface area contributed by atoms with Gasteiger partial charge in [-0.05, 0) is 34.3 Å². The highest BCUT2D eigenvalue weighted by molar-refractivity contribution is 4.91. The summed E-state index contributed by atoms with van der Waals surface area (Å²) < 4.78 is 1.23. The molecule has 0 aliphatic rings. The lowest BCUT2D eigenvalue weighted by atomic mass is 10.5. The van der Waals surface area contributed by atoms with Crippen molar-refractivity contribution in [1.82, 2.24) is 14.5 Å². The Labute approximate surface area is 89.4 Å². The zero-order valence-corrected chi connectivity index (χ0v) is 9.54. The van der Waals surface area contributed by atoms with Gasteiger partial charge < -0.3 is 4.84 Å². The van der Waals surface area contributed by atoms with E-state index in [1.165, 1.54) is 10.8 Å². The van der Waals surface area contributed by atoms with Gasteiger partial charge in [0.05, 0.1) is 0 Å². The lowest BCUT2D eigenvalue weighted by Crippen LogP contribution is -2.49. The van der Waals surface area contributed by atoms with E-state index in [1.807, 2.05) is 38.0 Å². The van der Waals surface area contributed by atoms with Gasteiger partial charge in [-0.15, -0.1) is 4.73 Å². The van der Waals surface area contributed by atoms with Crippen molar-refractivity contribution in [2.45, 2.75) is 6.35 Å². The lowest BCUT2D eigenvalue weighted by Gasteiger charge is -2.29. The third kappa shape index (κ3) is 3.07. The fraction of sp³-hybridized carbons (Fsp3) is 0.500. The minimum absolute atomic E-state index is 0.175. The molecule has 0 atom stereocenters. The Balaban J connectivity index is 2.84. The molecule has 15 heavy (non-hydrogen) atoms. The summed E-state index contributed by atoms with van der Waals surface area (Å²) in [6.07, 6.45) is 1.33. The standard InChI is InChI=1S/C10H17N3O2/c1-11(2)10(12(3)4)15-13-8-6-5-7-9(13)14/h5-8,10H,1-4H3. The topological polar surface area (TPSA) is 37.7 Å². The molecule has 0 radical (unpaired) electrons. The van der Waals surface area contributed by atoms with Crippen LogP contribution in [-0.2, 0) is 0 Å². The average molecular weight is 211 g/mol. The van der Waals surface area contributed by atoms with Crippen LogP contribution >= 0.6 is 0 Å². The predicted molar refractivity (Wildman–Crippen MR) is 58.4 cm³/mol. The third-order valence-electron chi connectivity index (χ3n) is 1.88. The molecule has 0 unspecified atom stereocenters. The number of hydrogen-bond donors (Lipinski definition) is 0. The Morgan fingerprint density at radius 2 is 1.80 bits per heavy atom. The second kappa shape index (κ2) is 4.95. The molecule has 0 aromatic carbocycles. The maximum atomic E-state index is 11.4. The quantitative estimate of drug-likeness (QED) is 0.640. The monoisotopic (exact) mass is 211 g/mol. The smallest absolute Gasteiger partial charge is 0.283 e. The summed E-state index contributed by atoms with van der Waals surface area (Å²) in [6.45, 7) is 0. The highest BCUT2D eigenvalue weighted by Crippen LogP contribution is 1.94. The number of nitrogens with zero attached hydrogens (tertiary/aromatic N) is 3. The molecule has 0 N–H and O–H groups in total. The van der Waals surface area contributed by atoms with Crippen LogP contribution in [0.2, 0.25) is 0 Å². The van der Waals surface area contributed by atoms with E-state index in [0.29, 0.717) is 0 Å². The van der Waals surface area contributed by atoms with Crippen LogP contribution in [0.5, 0.6) is 0 Å². The van der Waals surface area contributed by atoms with Crippen LogP contribution in [0, 0.1) is 0 Å². The normalized spacial score (nSPS) is 11.4. The number of pyridine rings is 1. The Hall–Kier alpha value is -1.33. The van der Waals surface area contributed by atoms with E-state index in [2.05, 4.69) is 0 Å². The summed E-state index contributed by atoms with van der Waals surface area (Å²) in [4.78, 5) is 20.7. The molecule has 84 valence electrons. The van der Waals surface area contributed by atoms with Crippen molar-refractivity contribution in [2.24, 2.45) is 0 Å². The number of hydrogen-bond acceptors (Lipinski definition) is 4. The summed E-state index contributed by atoms with van der Waals surface area (Å²) in [5.74, 6) is 0. The van der Waals surface area contributed by atoms with Crippen LogP contribution < -0.4 is 10.4 Å². The van der Waals surface area contributed by atoms with Crippen molar-refractivity contribution >= 4 is 0 Å². The summed E-state index contributed by atoms with van der Waals surface area (Å²) in [5.41, 5.74) is -0.175. The molecular weight excluding hydrogens is 194 g/mol. The first kappa shape index (κ1) is 11.7. The van der Waals surface area contributed by atoms with Crippen molar-refractivity contribution < 1.29 is 4.84 Å². The Morgan fingerprint density at radius 1 is 1.20 bits per heavy atom. The molecule has 0 spiro atoms. The fourth-order valence-corrected chi connectivity index (χ4v) is 1.25. The Kier molecular flexibility index (Phi) is 3.88. The van der Waals surface area contributed by atoms with Gasteiger partial charge in [0.2, 0.25) is 6.35 Å². The molecular formula is C10H17N3O2. The molecule has 5 heteroatoms. The van der Waals surface area contributed by atoms with Gasteiger partial charge >= 0.3 is 0 Å². The van der Waals surface area contributed by atoms with Gasteiger partial charge in [-0.25, -0.2) is 0 Å². The van der Waals surface area contributed by atoms with E-state index in [-0.39, 0.29) is 11.9 Å². The van der Waals surface area contributed by atoms with Crippen LogP contribution in [0.15, 0.2) is 29.2 Å². The van der Waals surface area contributed by atoms with Crippen LogP contribution in [0.1, 0.15) is 0 Å². The van der Waals surface area contributed by atoms with Crippen molar-refractivity contribution in [3.63, 3.8) is 0 Å². The molecule has 0 saturated carbocycles. The Bertz CT molecular complexity index is 352. The molecule has 5 nitrogen and oxygen atoms in total. The van der Waals surface area contributed by atoms with Crippen LogP contribution in [0.25, 0.3) is 0 Å². The van der Waals surface area contributed by atoms with Gasteiger partial charge in [0.15, 0.2) is 0 Å². The first-order valence-corrected chi connectivity index (χ1v) is 4.70. The van der Waals surface area contributed by atoms with Gasteiger partial charge in [-0.3, -0.25) is 14.6 Å². The van der Waals surface area contributed by atoms with Crippen molar-refractivity contribution in [3.05, 3.63) is 34.7 Å². The molecule has 0 saturated heterocycles. The molecule has 1 heterocycles. The zero-order valence-electron chi connectivity index (χ0n) is 9.54. The lowest BCUT2D eigenvalue weighted by molar-refractivity contribution is -0.125. The second-order valence-corrected chi connectivity index (χ2v) is 3.72. The number of rotatable bonds is 4. The van der Waals surface area contributed by atoms with E-state index in [9.17, 15) is 4.79 Å². The van der Waals surface area contributed by atoms with Gasteiger partial charge in [-0.1, -0.05) is 6.07 Å². The predicted octanol–water partition coefficient (Wildman–Crippen LogP) is -0.316. The van der Waals surface area contributed by atoms with E-state index < -0.39 is 0 Å². The largest absolute Gasteiger partial charge is 0.375 e. The SMILES string of the molecule is CN(C)C(On1ccccc1=O)N(C)C. The minimum Gasteiger partial charge on any atom is -0.375 e. The van der Waals surface area contributed by atoms with E-state index in [4.69, 9.17) is 4.84 Å². The first-order valence-electron chi connectivity index (χ1n) is 4.70. The van der Waals surface area contributed by atoms with Crippen LogP contribution in [0.3, 0.4) is 0 Å². The van der Waals surface area contributed by atoms with Gasteiger partial charge in [-0.2, -0.15) is 0 Å². The average Bonchev–Trinajstić information content (AvgIpc) is 2.15. The van der Waals surface area contributed by atoms with Gasteiger partial charge in [0.1, 0.15) is 0 Å². The zero-order chi connectivity index (χ0) is 11.4. The minimum atomic E-state index is -0.273. The maximum Gasteiger partial charge on any atom is 0.283 e. The molecule has 1 aromatic rings. The van der Waals surface area contributed by atoms with Crippen LogP contribution in [0.4, 0.5) is 0 Å². The van der Waals surface area contributed by atoms with Gasteiger partial charge in [0, 0.05) is 12.3 Å². The first-order chi connectivity index (χ1) is 7.02. The molecule has 0 bridgehead atoms. The highest BCUT2D eigenvalue weighted by atomic mass is 16.7. The van der Waals surface area contributed by atoms with Gasteiger partial charge in [0.25, 0.3) is 5.56 Å². The summed E-state index contributed by atoms with van der Waals surface area (Å²) >= 11 is 0.